The van der Waals surface area contributed by atoms with E-state index < -0.39 is 0 Å². The van der Waals surface area contributed by atoms with Gasteiger partial charge in [0.15, 0.2) is 0 Å². The Hall–Kier alpha value is -6.96. The molecule has 0 aliphatic rings. The van der Waals surface area contributed by atoms with E-state index in [-0.39, 0.29) is 0 Å². The summed E-state index contributed by atoms with van der Waals surface area (Å²) in [5, 5.41) is 5.33. The van der Waals surface area contributed by atoms with Crippen LogP contribution >= 0.6 is 62.3 Å². The molecule has 0 heterocycles. The zero-order valence-electron chi connectivity index (χ0n) is 37.1. The van der Waals surface area contributed by atoms with Gasteiger partial charge < -0.3 is 20.0 Å². The fraction of sp³-hybridized carbons (Fsp3) is 0. The van der Waals surface area contributed by atoms with Gasteiger partial charge in [0, 0.05) is 55.7 Å². The second-order valence-electron chi connectivity index (χ2n) is 15.3. The summed E-state index contributed by atoms with van der Waals surface area (Å²) in [4.78, 5) is 6.61. The van der Waals surface area contributed by atoms with Crippen molar-refractivity contribution in [3.63, 3.8) is 0 Å². The Morgan fingerprint density at radius 1 is 0.290 bits per heavy atom. The molecule has 0 saturated carbocycles. The maximum absolute atomic E-state index is 6.70. The molecule has 0 atom stereocenters. The maximum Gasteiger partial charge on any atom is 0.0832 e. The minimum Gasteiger partial charge on any atom is -0.354 e. The first-order valence-electron chi connectivity index (χ1n) is 22.1. The first-order valence-corrected chi connectivity index (χ1v) is 24.4. The van der Waals surface area contributed by atoms with Gasteiger partial charge in [-0.3, -0.25) is 0 Å². The topological polar surface area (TPSA) is 21.8 Å². The summed E-state index contributed by atoms with van der Waals surface area (Å²) in [6.07, 6.45) is 0. The Kier molecular flexibility index (Phi) is 17.1. The molecule has 0 spiro atoms. The van der Waals surface area contributed by atoms with Crippen LogP contribution in [-0.4, -0.2) is 0 Å². The summed E-state index contributed by atoms with van der Waals surface area (Å²) in [5.74, 6) is 0. The standard InChI is InChI=1S/C30H22Cl2N2.C18H14BrN.C12H9Cl2N/c31-28-20-11-21-29(30(28)32)34(25-16-8-3-9-17-25)27-19-10-18-26(22-27)33(23-12-4-1-5-13-23)24-14-6-2-7-15-24;19-15-8-7-13-18(14-15)20(16-9-3-1-4-10-16)17-11-5-2-6-12-17;13-10-7-4-8-11(12(10)14)15-9-5-2-1-3-6-9/h1-22H;1-14H;1-8,15H. The van der Waals surface area contributed by atoms with Crippen LogP contribution in [0.1, 0.15) is 0 Å². The number of rotatable bonds is 11. The molecule has 0 aromatic heterocycles. The summed E-state index contributed by atoms with van der Waals surface area (Å²) in [5.41, 5.74) is 11.2. The predicted octanol–water partition coefficient (Wildman–Crippen LogP) is 20.6. The molecule has 340 valence electrons. The SMILES string of the molecule is Brc1cccc(N(c2ccccc2)c2ccccc2)c1.Clc1cccc(N(c2ccccc2)c2cccc(N(c3ccccc3)c3ccccc3)c2)c1Cl.Clc1cccc(Nc2ccccc2)c1Cl. The Balaban J connectivity index is 0.000000155. The molecule has 0 amide bonds. The van der Waals surface area contributed by atoms with Crippen molar-refractivity contribution in [2.24, 2.45) is 0 Å². The highest BCUT2D eigenvalue weighted by Gasteiger charge is 2.19. The van der Waals surface area contributed by atoms with Crippen molar-refractivity contribution >= 4 is 125 Å². The highest BCUT2D eigenvalue weighted by molar-refractivity contribution is 9.10. The first kappa shape index (κ1) is 48.5. The van der Waals surface area contributed by atoms with E-state index >= 15 is 0 Å². The van der Waals surface area contributed by atoms with Gasteiger partial charge in [0.25, 0.3) is 0 Å². The minimum absolute atomic E-state index is 0.515. The third kappa shape index (κ3) is 12.8. The van der Waals surface area contributed by atoms with E-state index in [0.29, 0.717) is 20.1 Å². The predicted molar refractivity (Wildman–Crippen MR) is 301 cm³/mol. The summed E-state index contributed by atoms with van der Waals surface area (Å²) < 4.78 is 1.08. The quantitative estimate of drug-likeness (QED) is 0.139. The molecule has 4 nitrogen and oxygen atoms in total. The van der Waals surface area contributed by atoms with Crippen LogP contribution in [0.3, 0.4) is 0 Å². The molecular weight excluding hydrogens is 998 g/mol. The molecule has 69 heavy (non-hydrogen) atoms. The number of nitrogens with zero attached hydrogens (tertiary/aromatic N) is 3. The van der Waals surface area contributed by atoms with Gasteiger partial charge in [0.05, 0.1) is 31.5 Å². The van der Waals surface area contributed by atoms with Crippen LogP contribution in [0.25, 0.3) is 0 Å². The molecule has 0 aliphatic carbocycles. The summed E-state index contributed by atoms with van der Waals surface area (Å²) in [6.45, 7) is 0. The number of anilines is 11. The molecule has 10 aromatic carbocycles. The molecule has 0 aliphatic heterocycles. The zero-order valence-corrected chi connectivity index (χ0v) is 41.7. The van der Waals surface area contributed by atoms with E-state index in [1.54, 1.807) is 12.1 Å². The van der Waals surface area contributed by atoms with E-state index in [2.05, 4.69) is 188 Å². The zero-order chi connectivity index (χ0) is 47.8. The molecule has 0 bridgehead atoms. The van der Waals surface area contributed by atoms with E-state index in [4.69, 9.17) is 46.4 Å². The molecule has 0 saturated heterocycles. The lowest BCUT2D eigenvalue weighted by molar-refractivity contribution is 1.25. The van der Waals surface area contributed by atoms with E-state index in [1.165, 1.54) is 0 Å². The number of hydrogen-bond donors (Lipinski definition) is 1. The lowest BCUT2D eigenvalue weighted by Crippen LogP contribution is -2.13. The van der Waals surface area contributed by atoms with Crippen molar-refractivity contribution in [3.8, 4) is 0 Å². The third-order valence-electron chi connectivity index (χ3n) is 10.7. The van der Waals surface area contributed by atoms with Gasteiger partial charge in [-0.25, -0.2) is 0 Å². The molecule has 0 fully saturated rings. The third-order valence-corrected chi connectivity index (χ3v) is 12.8. The van der Waals surface area contributed by atoms with Crippen LogP contribution in [0.4, 0.5) is 62.6 Å². The van der Waals surface area contributed by atoms with Crippen LogP contribution in [0, 0.1) is 0 Å². The van der Waals surface area contributed by atoms with Crippen molar-refractivity contribution < 1.29 is 0 Å². The summed E-state index contributed by atoms with van der Waals surface area (Å²) >= 11 is 28.6. The average molecular weight is 1040 g/mol. The molecular formula is C60H45BrCl4N4. The van der Waals surface area contributed by atoms with Gasteiger partial charge >= 0.3 is 0 Å². The molecule has 10 aromatic rings. The van der Waals surface area contributed by atoms with Gasteiger partial charge in [0.2, 0.25) is 0 Å². The van der Waals surface area contributed by atoms with Crippen LogP contribution in [-0.2, 0) is 0 Å². The van der Waals surface area contributed by atoms with Gasteiger partial charge in [-0.15, -0.1) is 0 Å². The van der Waals surface area contributed by atoms with E-state index in [0.717, 1.165) is 67.0 Å². The van der Waals surface area contributed by atoms with Crippen LogP contribution in [0.15, 0.2) is 271 Å². The maximum atomic E-state index is 6.70. The average Bonchev–Trinajstić information content (AvgIpc) is 3.39. The van der Waals surface area contributed by atoms with Crippen molar-refractivity contribution in [1.29, 1.82) is 0 Å². The van der Waals surface area contributed by atoms with Crippen molar-refractivity contribution in [1.82, 2.24) is 0 Å². The summed E-state index contributed by atoms with van der Waals surface area (Å²) in [6, 6.07) is 89.5. The normalized spacial score (nSPS) is 10.4. The Morgan fingerprint density at radius 2 is 0.623 bits per heavy atom. The number of para-hydroxylation sites is 6. The number of nitrogens with one attached hydrogen (secondary N) is 1. The van der Waals surface area contributed by atoms with Crippen molar-refractivity contribution in [3.05, 3.63) is 291 Å². The lowest BCUT2D eigenvalue weighted by Gasteiger charge is -2.29. The monoisotopic (exact) mass is 1040 g/mol. The molecule has 0 unspecified atom stereocenters. The largest absolute Gasteiger partial charge is 0.354 e. The Bertz CT molecular complexity index is 3070. The Labute approximate surface area is 433 Å². The lowest BCUT2D eigenvalue weighted by atomic mass is 10.1. The Morgan fingerprint density at radius 3 is 1.07 bits per heavy atom. The van der Waals surface area contributed by atoms with E-state index in [9.17, 15) is 0 Å². The molecule has 9 heteroatoms. The van der Waals surface area contributed by atoms with Crippen LogP contribution in [0.5, 0.6) is 0 Å². The highest BCUT2D eigenvalue weighted by atomic mass is 79.9. The molecule has 0 radical (unpaired) electrons. The fourth-order valence-electron chi connectivity index (χ4n) is 7.54. The number of benzene rings is 10. The highest BCUT2D eigenvalue weighted by Crippen LogP contribution is 2.44. The number of halogens is 5. The van der Waals surface area contributed by atoms with Gasteiger partial charge in [-0.2, -0.15) is 0 Å². The second-order valence-corrected chi connectivity index (χ2v) is 17.8. The van der Waals surface area contributed by atoms with Gasteiger partial charge in [-0.1, -0.05) is 196 Å². The van der Waals surface area contributed by atoms with E-state index in [1.807, 2.05) is 103 Å². The summed E-state index contributed by atoms with van der Waals surface area (Å²) in [7, 11) is 0. The fourth-order valence-corrected chi connectivity index (χ4v) is 8.65. The van der Waals surface area contributed by atoms with Crippen molar-refractivity contribution in [2.45, 2.75) is 0 Å². The first-order chi connectivity index (χ1) is 33.8. The van der Waals surface area contributed by atoms with Crippen molar-refractivity contribution in [2.75, 3.05) is 20.0 Å². The minimum atomic E-state index is 0.515. The van der Waals surface area contributed by atoms with Gasteiger partial charge in [-0.05, 0) is 133 Å². The van der Waals surface area contributed by atoms with Crippen LogP contribution in [0.2, 0.25) is 20.1 Å². The van der Waals surface area contributed by atoms with Gasteiger partial charge in [0.1, 0.15) is 0 Å². The van der Waals surface area contributed by atoms with Crippen LogP contribution < -0.4 is 20.0 Å². The molecule has 1 N–H and O–H groups in total. The smallest absolute Gasteiger partial charge is 0.0832 e. The second kappa shape index (κ2) is 24.4. The number of hydrogen-bond acceptors (Lipinski definition) is 4. The molecule has 10 rings (SSSR count).